The van der Waals surface area contributed by atoms with Crippen molar-refractivity contribution in [3.8, 4) is 0 Å². The van der Waals surface area contributed by atoms with E-state index in [-0.39, 0.29) is 6.03 Å². The van der Waals surface area contributed by atoms with Crippen LogP contribution in [-0.4, -0.2) is 62.5 Å². The lowest BCUT2D eigenvalue weighted by Crippen LogP contribution is -2.37. The van der Waals surface area contributed by atoms with Gasteiger partial charge in [0, 0.05) is 38.7 Å². The third kappa shape index (κ3) is 5.96. The van der Waals surface area contributed by atoms with Gasteiger partial charge in [0.05, 0.1) is 32.1 Å². The lowest BCUT2D eigenvalue weighted by molar-refractivity contribution is 0.0337. The Kier molecular flexibility index (Phi) is 6.87. The molecule has 2 N–H and O–H groups in total. The minimum absolute atomic E-state index is 0.197. The highest BCUT2D eigenvalue weighted by molar-refractivity contribution is 7.09. The second kappa shape index (κ2) is 8.93. The molecule has 0 spiro atoms. The van der Waals surface area contributed by atoms with E-state index in [9.17, 15) is 4.79 Å². The second-order valence-corrected chi connectivity index (χ2v) is 5.67. The summed E-state index contributed by atoms with van der Waals surface area (Å²) in [7, 11) is 1.60. The number of rotatable bonds is 7. The number of aromatic nitrogens is 1. The molecule has 0 bridgehead atoms. The number of methoxy groups -OCH3 is 1. The summed E-state index contributed by atoms with van der Waals surface area (Å²) >= 11 is 1.57. The number of carbonyl (C=O) groups is 1. The van der Waals surface area contributed by atoms with Crippen molar-refractivity contribution in [1.29, 1.82) is 0 Å². The average molecular weight is 314 g/mol. The molecule has 1 fully saturated rings. The zero-order valence-electron chi connectivity index (χ0n) is 12.3. The third-order valence-electron chi connectivity index (χ3n) is 3.08. The first-order valence-electron chi connectivity index (χ1n) is 7.02. The Morgan fingerprint density at radius 1 is 1.48 bits per heavy atom. The first-order valence-corrected chi connectivity index (χ1v) is 7.90. The second-order valence-electron chi connectivity index (χ2n) is 4.72. The highest BCUT2D eigenvalue weighted by atomic mass is 32.1. The summed E-state index contributed by atoms with van der Waals surface area (Å²) < 4.78 is 10.2. The van der Waals surface area contributed by atoms with Crippen molar-refractivity contribution >= 4 is 17.4 Å². The van der Waals surface area contributed by atoms with Gasteiger partial charge in [-0.05, 0) is 0 Å². The highest BCUT2D eigenvalue weighted by Gasteiger charge is 2.12. The summed E-state index contributed by atoms with van der Waals surface area (Å²) in [6, 6.07) is -0.197. The van der Waals surface area contributed by atoms with Crippen LogP contribution in [0.25, 0.3) is 0 Å². The quantitative estimate of drug-likeness (QED) is 0.714. The fraction of sp³-hybridized carbons (Fsp3) is 0.692. The maximum atomic E-state index is 11.5. The zero-order valence-corrected chi connectivity index (χ0v) is 13.1. The van der Waals surface area contributed by atoms with Crippen LogP contribution in [-0.2, 0) is 22.6 Å². The number of ether oxygens (including phenoxy) is 2. The fourth-order valence-electron chi connectivity index (χ4n) is 1.98. The standard InChI is InChI=1S/C13H22N4O3S/c1-19-5-2-14-13(18)15-8-12-16-11(10-21-12)9-17-3-6-20-7-4-17/h10H,2-9H2,1H3,(H2,14,15,18). The van der Waals surface area contributed by atoms with Crippen LogP contribution in [0.3, 0.4) is 0 Å². The summed E-state index contributed by atoms with van der Waals surface area (Å²) in [5.41, 5.74) is 1.05. The summed E-state index contributed by atoms with van der Waals surface area (Å²) in [5.74, 6) is 0. The van der Waals surface area contributed by atoms with E-state index in [0.29, 0.717) is 19.7 Å². The van der Waals surface area contributed by atoms with Crippen LogP contribution in [0.15, 0.2) is 5.38 Å². The molecule has 1 aromatic heterocycles. The first kappa shape index (κ1) is 16.2. The molecule has 0 aliphatic carbocycles. The Balaban J connectivity index is 1.68. The molecule has 2 rings (SSSR count). The largest absolute Gasteiger partial charge is 0.383 e. The Hall–Kier alpha value is -1.22. The molecule has 0 unspecified atom stereocenters. The van der Waals surface area contributed by atoms with Crippen LogP contribution in [0.1, 0.15) is 10.7 Å². The molecular weight excluding hydrogens is 292 g/mol. The molecule has 0 aromatic carbocycles. The van der Waals surface area contributed by atoms with E-state index in [1.165, 1.54) is 0 Å². The number of thiazole rings is 1. The molecular formula is C13H22N4O3S. The summed E-state index contributed by atoms with van der Waals surface area (Å²) in [6.45, 7) is 5.80. The van der Waals surface area contributed by atoms with E-state index in [0.717, 1.165) is 43.5 Å². The molecule has 7 nitrogen and oxygen atoms in total. The molecule has 2 amide bonds. The molecule has 1 aliphatic heterocycles. The van der Waals surface area contributed by atoms with Gasteiger partial charge in [0.2, 0.25) is 0 Å². The van der Waals surface area contributed by atoms with E-state index in [1.807, 2.05) is 0 Å². The molecule has 0 saturated carbocycles. The van der Waals surface area contributed by atoms with Crippen LogP contribution >= 0.6 is 11.3 Å². The first-order chi connectivity index (χ1) is 10.3. The van der Waals surface area contributed by atoms with Crippen molar-refractivity contribution in [3.05, 3.63) is 16.1 Å². The minimum Gasteiger partial charge on any atom is -0.383 e. The number of nitrogens with zero attached hydrogens (tertiary/aromatic N) is 2. The molecule has 8 heteroatoms. The van der Waals surface area contributed by atoms with Crippen LogP contribution in [0, 0.1) is 0 Å². The average Bonchev–Trinajstić information content (AvgIpc) is 2.94. The number of hydrogen-bond acceptors (Lipinski definition) is 6. The summed E-state index contributed by atoms with van der Waals surface area (Å²) in [5, 5.41) is 8.46. The molecule has 2 heterocycles. The lowest BCUT2D eigenvalue weighted by Gasteiger charge is -2.25. The molecule has 21 heavy (non-hydrogen) atoms. The van der Waals surface area contributed by atoms with Gasteiger partial charge in [-0.1, -0.05) is 0 Å². The van der Waals surface area contributed by atoms with Crippen LogP contribution < -0.4 is 10.6 Å². The topological polar surface area (TPSA) is 75.7 Å². The van der Waals surface area contributed by atoms with Gasteiger partial charge in [-0.3, -0.25) is 4.90 Å². The van der Waals surface area contributed by atoms with Crippen LogP contribution in [0.2, 0.25) is 0 Å². The summed E-state index contributed by atoms with van der Waals surface area (Å²) in [4.78, 5) is 18.4. The molecule has 0 radical (unpaired) electrons. The van der Waals surface area contributed by atoms with Crippen molar-refractivity contribution in [2.45, 2.75) is 13.1 Å². The van der Waals surface area contributed by atoms with Gasteiger partial charge in [0.1, 0.15) is 5.01 Å². The van der Waals surface area contributed by atoms with Crippen molar-refractivity contribution in [2.75, 3.05) is 46.6 Å². The highest BCUT2D eigenvalue weighted by Crippen LogP contribution is 2.12. The Morgan fingerprint density at radius 2 is 2.29 bits per heavy atom. The number of morpholine rings is 1. The number of nitrogens with one attached hydrogen (secondary N) is 2. The van der Waals surface area contributed by atoms with Crippen molar-refractivity contribution in [3.63, 3.8) is 0 Å². The van der Waals surface area contributed by atoms with E-state index >= 15 is 0 Å². The minimum atomic E-state index is -0.197. The molecule has 0 atom stereocenters. The SMILES string of the molecule is COCCNC(=O)NCc1nc(CN2CCOCC2)cs1. The van der Waals surface area contributed by atoms with E-state index < -0.39 is 0 Å². The maximum Gasteiger partial charge on any atom is 0.315 e. The van der Waals surface area contributed by atoms with Crippen LogP contribution in [0.4, 0.5) is 4.79 Å². The number of urea groups is 1. The van der Waals surface area contributed by atoms with Gasteiger partial charge < -0.3 is 20.1 Å². The Morgan fingerprint density at radius 3 is 3.05 bits per heavy atom. The van der Waals surface area contributed by atoms with E-state index in [2.05, 4.69) is 25.9 Å². The molecule has 1 aliphatic rings. The van der Waals surface area contributed by atoms with Gasteiger partial charge in [0.15, 0.2) is 0 Å². The predicted molar refractivity (Wildman–Crippen MR) is 80.3 cm³/mol. The summed E-state index contributed by atoms with van der Waals surface area (Å²) in [6.07, 6.45) is 0. The van der Waals surface area contributed by atoms with Crippen molar-refractivity contribution in [2.24, 2.45) is 0 Å². The normalized spacial score (nSPS) is 15.9. The predicted octanol–water partition coefficient (Wildman–Crippen LogP) is 0.421. The zero-order chi connectivity index (χ0) is 14.9. The molecule has 118 valence electrons. The third-order valence-corrected chi connectivity index (χ3v) is 3.98. The van der Waals surface area contributed by atoms with Gasteiger partial charge in [0.25, 0.3) is 0 Å². The lowest BCUT2D eigenvalue weighted by atomic mass is 10.3. The smallest absolute Gasteiger partial charge is 0.315 e. The Bertz CT molecular complexity index is 435. The fourth-order valence-corrected chi connectivity index (χ4v) is 2.70. The van der Waals surface area contributed by atoms with Gasteiger partial charge in [-0.25, -0.2) is 9.78 Å². The van der Waals surface area contributed by atoms with Crippen LogP contribution in [0.5, 0.6) is 0 Å². The van der Waals surface area contributed by atoms with Gasteiger partial charge >= 0.3 is 6.03 Å². The van der Waals surface area contributed by atoms with Gasteiger partial charge in [-0.2, -0.15) is 0 Å². The van der Waals surface area contributed by atoms with E-state index in [4.69, 9.17) is 9.47 Å². The number of amides is 2. The Labute approximate surface area is 128 Å². The number of carbonyl (C=O) groups excluding carboxylic acids is 1. The molecule has 1 saturated heterocycles. The molecule has 1 aromatic rings. The maximum absolute atomic E-state index is 11.5. The monoisotopic (exact) mass is 314 g/mol. The van der Waals surface area contributed by atoms with E-state index in [1.54, 1.807) is 18.4 Å². The van der Waals surface area contributed by atoms with Gasteiger partial charge in [-0.15, -0.1) is 11.3 Å². The van der Waals surface area contributed by atoms with Crippen molar-refractivity contribution in [1.82, 2.24) is 20.5 Å². The number of hydrogen-bond donors (Lipinski definition) is 2. The van der Waals surface area contributed by atoms with Crippen molar-refractivity contribution < 1.29 is 14.3 Å².